The maximum Gasteiger partial charge on any atom is 0.336 e. The third-order valence-electron chi connectivity index (χ3n) is 5.87. The van der Waals surface area contributed by atoms with Crippen LogP contribution in [-0.2, 0) is 25.6 Å². The topological polar surface area (TPSA) is 92.8 Å². The van der Waals surface area contributed by atoms with Gasteiger partial charge >= 0.3 is 11.9 Å². The lowest BCUT2D eigenvalue weighted by Crippen LogP contribution is -2.29. The van der Waals surface area contributed by atoms with Gasteiger partial charge in [0, 0.05) is 23.4 Å². The van der Waals surface area contributed by atoms with Gasteiger partial charge in [0.2, 0.25) is 6.79 Å². The molecule has 2 aliphatic heterocycles. The predicted octanol–water partition coefficient (Wildman–Crippen LogP) is 4.69. The van der Waals surface area contributed by atoms with Crippen LogP contribution in [0.1, 0.15) is 30.9 Å². The lowest BCUT2D eigenvalue weighted by Gasteiger charge is -2.31. The number of benzene rings is 2. The van der Waals surface area contributed by atoms with E-state index in [1.54, 1.807) is 63.6 Å². The molecule has 4 rings (SSSR count). The predicted molar refractivity (Wildman–Crippen MR) is 138 cm³/mol. The number of esters is 2. The molecule has 0 spiro atoms. The molecule has 2 aromatic rings. The second-order valence-electron chi connectivity index (χ2n) is 8.13. The lowest BCUT2D eigenvalue weighted by molar-refractivity contribution is -0.139. The van der Waals surface area contributed by atoms with Crippen LogP contribution < -0.4 is 18.9 Å². The van der Waals surface area contributed by atoms with E-state index in [1.807, 2.05) is 12.1 Å². The van der Waals surface area contributed by atoms with Crippen LogP contribution in [0.3, 0.4) is 0 Å². The van der Waals surface area contributed by atoms with Gasteiger partial charge in [0.15, 0.2) is 23.0 Å². The van der Waals surface area contributed by atoms with Crippen LogP contribution in [0.4, 0.5) is 0 Å². The normalized spacial score (nSPS) is 14.6. The summed E-state index contributed by atoms with van der Waals surface area (Å²) in [6.45, 7) is 4.27. The number of hydrogen-bond donors (Lipinski definition) is 0. The lowest BCUT2D eigenvalue weighted by atomic mass is 9.83. The Morgan fingerprint density at radius 1 is 0.919 bits per heavy atom. The molecule has 10 heteroatoms. The minimum Gasteiger partial charge on any atom is -0.493 e. The summed E-state index contributed by atoms with van der Waals surface area (Å²) in [5, 5.41) is 0. The Hall–Kier alpha value is -3.66. The first kappa shape index (κ1) is 26.4. The van der Waals surface area contributed by atoms with Crippen molar-refractivity contribution >= 4 is 27.9 Å². The number of nitrogens with zero attached hydrogens (tertiary/aromatic N) is 1. The molecule has 0 aromatic heterocycles. The average Bonchev–Trinajstić information content (AvgIpc) is 3.35. The number of rotatable bonds is 9. The van der Waals surface area contributed by atoms with Crippen molar-refractivity contribution in [3.05, 3.63) is 69.5 Å². The van der Waals surface area contributed by atoms with Gasteiger partial charge in [0.05, 0.1) is 44.5 Å². The summed E-state index contributed by atoms with van der Waals surface area (Å²) in [4.78, 5) is 28.2. The molecule has 2 aliphatic rings. The first-order chi connectivity index (χ1) is 17.9. The van der Waals surface area contributed by atoms with E-state index in [2.05, 4.69) is 15.9 Å². The summed E-state index contributed by atoms with van der Waals surface area (Å²) in [6.07, 6.45) is 3.39. The summed E-state index contributed by atoms with van der Waals surface area (Å²) in [7, 11) is 3.13. The Bertz CT molecular complexity index is 1220. The highest BCUT2D eigenvalue weighted by Gasteiger charge is 2.37. The van der Waals surface area contributed by atoms with Gasteiger partial charge in [-0.1, -0.05) is 22.0 Å². The van der Waals surface area contributed by atoms with Gasteiger partial charge in [0.1, 0.15) is 0 Å². The van der Waals surface area contributed by atoms with Gasteiger partial charge in [-0.15, -0.1) is 0 Å². The zero-order chi connectivity index (χ0) is 26.5. The van der Waals surface area contributed by atoms with Gasteiger partial charge in [-0.05, 0) is 49.2 Å². The summed E-state index contributed by atoms with van der Waals surface area (Å²) in [5.41, 5.74) is 2.09. The molecule has 0 unspecified atom stereocenters. The Morgan fingerprint density at radius 3 is 2.08 bits per heavy atom. The van der Waals surface area contributed by atoms with Crippen molar-refractivity contribution in [2.75, 3.05) is 34.2 Å². The second-order valence-corrected chi connectivity index (χ2v) is 8.99. The summed E-state index contributed by atoms with van der Waals surface area (Å²) >= 11 is 3.58. The van der Waals surface area contributed by atoms with E-state index in [4.69, 9.17) is 28.4 Å². The zero-order valence-electron chi connectivity index (χ0n) is 21.0. The number of ether oxygens (including phenoxy) is 6. The molecule has 0 radical (unpaired) electrons. The Morgan fingerprint density at radius 2 is 1.51 bits per heavy atom. The Balaban J connectivity index is 1.80. The first-order valence-electron chi connectivity index (χ1n) is 11.7. The molecule has 196 valence electrons. The molecule has 0 fully saturated rings. The molecule has 0 bridgehead atoms. The van der Waals surface area contributed by atoms with Gasteiger partial charge in [0.25, 0.3) is 0 Å². The quantitative estimate of drug-likeness (QED) is 0.396. The Labute approximate surface area is 223 Å². The average molecular weight is 574 g/mol. The van der Waals surface area contributed by atoms with Crippen molar-refractivity contribution in [2.45, 2.75) is 26.3 Å². The van der Waals surface area contributed by atoms with E-state index in [0.717, 1.165) is 5.56 Å². The number of hydrogen-bond acceptors (Lipinski definition) is 9. The van der Waals surface area contributed by atoms with Crippen molar-refractivity contribution in [3.8, 4) is 23.0 Å². The Kier molecular flexibility index (Phi) is 8.27. The highest BCUT2D eigenvalue weighted by molar-refractivity contribution is 9.10. The smallest absolute Gasteiger partial charge is 0.336 e. The van der Waals surface area contributed by atoms with Crippen LogP contribution >= 0.6 is 15.9 Å². The van der Waals surface area contributed by atoms with Crippen molar-refractivity contribution in [2.24, 2.45) is 0 Å². The van der Waals surface area contributed by atoms with Crippen LogP contribution in [0, 0.1) is 0 Å². The third-order valence-corrected chi connectivity index (χ3v) is 6.56. The molecule has 0 N–H and O–H groups in total. The maximum atomic E-state index is 13.2. The SMILES string of the molecule is CCOC(=O)C1=CN(Cc2ccc(OC)c(OC)c2)C=C(C(=O)OCC)C1c1cc2c(cc1Br)OCO2. The fourth-order valence-corrected chi connectivity index (χ4v) is 4.80. The molecular formula is C27H28BrNO8. The minimum atomic E-state index is -0.761. The van der Waals surface area contributed by atoms with Gasteiger partial charge in [-0.25, -0.2) is 9.59 Å². The highest BCUT2D eigenvalue weighted by Crippen LogP contribution is 2.45. The van der Waals surface area contributed by atoms with Crippen LogP contribution in [0.25, 0.3) is 0 Å². The number of halogens is 1. The monoisotopic (exact) mass is 573 g/mol. The molecule has 0 amide bonds. The molecule has 0 aliphatic carbocycles. The van der Waals surface area contributed by atoms with E-state index in [0.29, 0.717) is 39.6 Å². The zero-order valence-corrected chi connectivity index (χ0v) is 22.6. The van der Waals surface area contributed by atoms with E-state index in [1.165, 1.54) is 0 Å². The third kappa shape index (κ3) is 5.53. The van der Waals surface area contributed by atoms with Crippen LogP contribution in [-0.4, -0.2) is 51.1 Å². The summed E-state index contributed by atoms with van der Waals surface area (Å²) < 4.78 is 33.2. The van der Waals surface area contributed by atoms with Gasteiger partial charge in [-0.3, -0.25) is 0 Å². The molecule has 0 saturated carbocycles. The number of fused-ring (bicyclic) bond motifs is 1. The molecule has 37 heavy (non-hydrogen) atoms. The molecule has 2 aromatic carbocycles. The summed E-state index contributed by atoms with van der Waals surface area (Å²) in [6, 6.07) is 9.06. The van der Waals surface area contributed by atoms with Gasteiger partial charge < -0.3 is 33.3 Å². The van der Waals surface area contributed by atoms with Crippen molar-refractivity contribution in [1.29, 1.82) is 0 Å². The van der Waals surface area contributed by atoms with Crippen LogP contribution in [0.5, 0.6) is 23.0 Å². The van der Waals surface area contributed by atoms with Crippen molar-refractivity contribution in [1.82, 2.24) is 4.90 Å². The number of carbonyl (C=O) groups is 2. The molecule has 2 heterocycles. The van der Waals surface area contributed by atoms with E-state index < -0.39 is 17.9 Å². The maximum absolute atomic E-state index is 13.2. The largest absolute Gasteiger partial charge is 0.493 e. The highest BCUT2D eigenvalue weighted by atomic mass is 79.9. The summed E-state index contributed by atoms with van der Waals surface area (Å²) in [5.74, 6) is 0.436. The van der Waals surface area contributed by atoms with Crippen LogP contribution in [0.2, 0.25) is 0 Å². The van der Waals surface area contributed by atoms with Crippen molar-refractivity contribution in [3.63, 3.8) is 0 Å². The van der Waals surface area contributed by atoms with Gasteiger partial charge in [-0.2, -0.15) is 0 Å². The van der Waals surface area contributed by atoms with Crippen LogP contribution in [0.15, 0.2) is 58.4 Å². The van der Waals surface area contributed by atoms with E-state index >= 15 is 0 Å². The molecular weight excluding hydrogens is 546 g/mol. The molecule has 9 nitrogen and oxygen atoms in total. The van der Waals surface area contributed by atoms with Crippen molar-refractivity contribution < 1.29 is 38.0 Å². The molecule has 0 atom stereocenters. The minimum absolute atomic E-state index is 0.0934. The molecule has 0 saturated heterocycles. The fourth-order valence-electron chi connectivity index (χ4n) is 4.25. The second kappa shape index (κ2) is 11.6. The van der Waals surface area contributed by atoms with E-state index in [-0.39, 0.29) is 31.2 Å². The van der Waals surface area contributed by atoms with E-state index in [9.17, 15) is 9.59 Å². The number of carbonyl (C=O) groups excluding carboxylic acids is 2. The first-order valence-corrected chi connectivity index (χ1v) is 12.5. The fraction of sp³-hybridized carbons (Fsp3) is 0.333. The standard InChI is InChI=1S/C27H28BrNO8/c1-5-34-26(30)18-13-29(12-16-7-8-21(32-3)22(9-16)33-4)14-19(27(31)35-6-2)25(18)17-10-23-24(11-20(17)28)37-15-36-23/h7-11,13-14,25H,5-6,12,15H2,1-4H3. The number of methoxy groups -OCH3 is 2.